The lowest BCUT2D eigenvalue weighted by Gasteiger charge is -2.17. The SMILES string of the molecule is CCOC(OCC)c1ccc(C(=O)/C=C(\C)c2coc(-c3ccc(C(OCC)OCC)cc3)c2)cc1. The maximum atomic E-state index is 12.9. The van der Waals surface area contributed by atoms with Gasteiger partial charge in [-0.15, -0.1) is 0 Å². The summed E-state index contributed by atoms with van der Waals surface area (Å²) in [5.74, 6) is 0.650. The largest absolute Gasteiger partial charge is 0.464 e. The number of hydrogen-bond acceptors (Lipinski definition) is 6. The Labute approximate surface area is 213 Å². The van der Waals surface area contributed by atoms with Crippen LogP contribution in [-0.2, 0) is 18.9 Å². The zero-order valence-electron chi connectivity index (χ0n) is 21.8. The molecule has 3 aromatic rings. The topological polar surface area (TPSA) is 67.1 Å². The highest BCUT2D eigenvalue weighted by atomic mass is 16.7. The van der Waals surface area contributed by atoms with Crippen molar-refractivity contribution in [3.05, 3.63) is 89.2 Å². The summed E-state index contributed by atoms with van der Waals surface area (Å²) < 4.78 is 28.4. The summed E-state index contributed by atoms with van der Waals surface area (Å²) in [5, 5.41) is 0. The zero-order valence-corrected chi connectivity index (χ0v) is 21.8. The summed E-state index contributed by atoms with van der Waals surface area (Å²) in [6, 6.07) is 17.2. The molecule has 0 aliphatic heterocycles. The van der Waals surface area contributed by atoms with Gasteiger partial charge < -0.3 is 23.4 Å². The van der Waals surface area contributed by atoms with E-state index in [0.29, 0.717) is 32.0 Å². The van der Waals surface area contributed by atoms with E-state index in [-0.39, 0.29) is 12.1 Å². The average Bonchev–Trinajstić information content (AvgIpc) is 3.39. The number of ketones is 1. The van der Waals surface area contributed by atoms with Gasteiger partial charge in [0.15, 0.2) is 18.4 Å². The molecule has 2 aromatic carbocycles. The fourth-order valence-corrected chi connectivity index (χ4v) is 3.75. The van der Waals surface area contributed by atoms with E-state index >= 15 is 0 Å². The fraction of sp³-hybridized carbons (Fsp3) is 0.367. The first-order chi connectivity index (χ1) is 17.5. The maximum absolute atomic E-state index is 12.9. The smallest absolute Gasteiger partial charge is 0.186 e. The maximum Gasteiger partial charge on any atom is 0.186 e. The molecule has 0 bridgehead atoms. The second kappa shape index (κ2) is 13.9. The minimum Gasteiger partial charge on any atom is -0.464 e. The van der Waals surface area contributed by atoms with Crippen LogP contribution in [0.3, 0.4) is 0 Å². The first-order valence-corrected chi connectivity index (χ1v) is 12.5. The molecular formula is C30H36O6. The van der Waals surface area contributed by atoms with Gasteiger partial charge in [-0.05, 0) is 52.3 Å². The van der Waals surface area contributed by atoms with Crippen molar-refractivity contribution in [2.45, 2.75) is 47.2 Å². The van der Waals surface area contributed by atoms with Crippen LogP contribution in [0.5, 0.6) is 0 Å². The standard InChI is InChI=1S/C30H36O6/c1-6-32-29(33-7-2)24-14-10-22(11-15-24)27(31)18-21(5)26-19-28(36-20-26)23-12-16-25(17-13-23)30(34-8-3)35-9-4/h10-20,29-30H,6-9H2,1-5H3/b21-18+. The number of ether oxygens (including phenoxy) is 4. The van der Waals surface area contributed by atoms with Gasteiger partial charge >= 0.3 is 0 Å². The molecule has 0 amide bonds. The summed E-state index contributed by atoms with van der Waals surface area (Å²) >= 11 is 0. The van der Waals surface area contributed by atoms with Crippen LogP contribution < -0.4 is 0 Å². The lowest BCUT2D eigenvalue weighted by molar-refractivity contribution is -0.140. The van der Waals surface area contributed by atoms with Crippen molar-refractivity contribution in [3.8, 4) is 11.3 Å². The number of allylic oxidation sites excluding steroid dienone is 2. The Hall–Kier alpha value is -3.03. The van der Waals surface area contributed by atoms with Crippen LogP contribution in [0.25, 0.3) is 16.9 Å². The second-order valence-electron chi connectivity index (χ2n) is 8.12. The Bertz CT molecular complexity index is 1100. The third-order valence-electron chi connectivity index (χ3n) is 5.61. The molecule has 0 saturated carbocycles. The van der Waals surface area contributed by atoms with Crippen molar-refractivity contribution in [1.29, 1.82) is 0 Å². The van der Waals surface area contributed by atoms with Crippen molar-refractivity contribution in [2.24, 2.45) is 0 Å². The lowest BCUT2D eigenvalue weighted by Crippen LogP contribution is -2.09. The molecule has 0 saturated heterocycles. The van der Waals surface area contributed by atoms with E-state index in [1.54, 1.807) is 24.5 Å². The van der Waals surface area contributed by atoms with Gasteiger partial charge in [-0.1, -0.05) is 48.5 Å². The quantitative estimate of drug-likeness (QED) is 0.133. The first kappa shape index (κ1) is 27.6. The summed E-state index contributed by atoms with van der Waals surface area (Å²) in [6.07, 6.45) is 2.49. The Kier molecular flexibility index (Phi) is 10.6. The average molecular weight is 493 g/mol. The van der Waals surface area contributed by atoms with Gasteiger partial charge in [-0.25, -0.2) is 0 Å². The van der Waals surface area contributed by atoms with E-state index in [0.717, 1.165) is 33.6 Å². The van der Waals surface area contributed by atoms with Gasteiger partial charge in [-0.3, -0.25) is 4.79 Å². The summed E-state index contributed by atoms with van der Waals surface area (Å²) in [7, 11) is 0. The minimum absolute atomic E-state index is 0.0755. The van der Waals surface area contributed by atoms with Gasteiger partial charge in [0.1, 0.15) is 5.76 Å². The molecule has 0 aliphatic rings. The van der Waals surface area contributed by atoms with Crippen LogP contribution >= 0.6 is 0 Å². The molecule has 0 atom stereocenters. The van der Waals surface area contributed by atoms with E-state index in [4.69, 9.17) is 23.4 Å². The summed E-state index contributed by atoms with van der Waals surface area (Å²) in [5.41, 5.74) is 5.05. The minimum atomic E-state index is -0.427. The van der Waals surface area contributed by atoms with E-state index in [2.05, 4.69) is 0 Å². The number of furan rings is 1. The molecule has 3 rings (SSSR count). The van der Waals surface area contributed by atoms with Gasteiger partial charge in [0.25, 0.3) is 0 Å². The van der Waals surface area contributed by atoms with Crippen molar-refractivity contribution >= 4 is 11.4 Å². The Morgan fingerprint density at radius 3 is 1.69 bits per heavy atom. The van der Waals surface area contributed by atoms with Crippen LogP contribution in [0, 0.1) is 0 Å². The van der Waals surface area contributed by atoms with Gasteiger partial charge in [0, 0.05) is 54.2 Å². The summed E-state index contributed by atoms with van der Waals surface area (Å²) in [4.78, 5) is 12.9. The number of carbonyl (C=O) groups is 1. The Morgan fingerprint density at radius 2 is 1.22 bits per heavy atom. The number of rotatable bonds is 14. The van der Waals surface area contributed by atoms with E-state index < -0.39 is 6.29 Å². The highest BCUT2D eigenvalue weighted by Crippen LogP contribution is 2.28. The molecule has 0 radical (unpaired) electrons. The van der Waals surface area contributed by atoms with Crippen molar-refractivity contribution in [3.63, 3.8) is 0 Å². The second-order valence-corrected chi connectivity index (χ2v) is 8.12. The third kappa shape index (κ3) is 7.24. The Balaban J connectivity index is 1.70. The highest BCUT2D eigenvalue weighted by molar-refractivity contribution is 6.08. The van der Waals surface area contributed by atoms with Crippen LogP contribution in [0.1, 0.15) is 74.2 Å². The fourth-order valence-electron chi connectivity index (χ4n) is 3.75. The molecule has 0 fully saturated rings. The molecule has 36 heavy (non-hydrogen) atoms. The molecule has 6 nitrogen and oxygen atoms in total. The normalized spacial score (nSPS) is 12.0. The van der Waals surface area contributed by atoms with Gasteiger partial charge in [0.05, 0.1) is 6.26 Å². The Morgan fingerprint density at radius 1 is 0.750 bits per heavy atom. The van der Waals surface area contributed by atoms with E-state index in [1.807, 2.05) is 77.1 Å². The van der Waals surface area contributed by atoms with Crippen LogP contribution in [0.15, 0.2) is 71.4 Å². The van der Waals surface area contributed by atoms with Crippen LogP contribution in [-0.4, -0.2) is 32.2 Å². The number of benzene rings is 2. The molecule has 1 heterocycles. The predicted molar refractivity (Wildman–Crippen MR) is 141 cm³/mol. The monoisotopic (exact) mass is 492 g/mol. The lowest BCUT2D eigenvalue weighted by atomic mass is 10.0. The van der Waals surface area contributed by atoms with Crippen molar-refractivity contribution in [2.75, 3.05) is 26.4 Å². The highest BCUT2D eigenvalue weighted by Gasteiger charge is 2.14. The van der Waals surface area contributed by atoms with Gasteiger partial charge in [-0.2, -0.15) is 0 Å². The van der Waals surface area contributed by atoms with Crippen LogP contribution in [0.2, 0.25) is 0 Å². The predicted octanol–water partition coefficient (Wildman–Crippen LogP) is 7.38. The van der Waals surface area contributed by atoms with E-state index in [1.165, 1.54) is 0 Å². The van der Waals surface area contributed by atoms with Gasteiger partial charge in [0.2, 0.25) is 0 Å². The molecule has 192 valence electrons. The molecular weight excluding hydrogens is 456 g/mol. The summed E-state index contributed by atoms with van der Waals surface area (Å²) in [6.45, 7) is 11.9. The first-order valence-electron chi connectivity index (χ1n) is 12.5. The molecule has 0 N–H and O–H groups in total. The van der Waals surface area contributed by atoms with Crippen molar-refractivity contribution < 1.29 is 28.2 Å². The molecule has 0 aliphatic carbocycles. The molecule has 0 unspecified atom stereocenters. The molecule has 1 aromatic heterocycles. The van der Waals surface area contributed by atoms with E-state index in [9.17, 15) is 4.79 Å². The van der Waals surface area contributed by atoms with Crippen LogP contribution in [0.4, 0.5) is 0 Å². The number of carbonyl (C=O) groups excluding carboxylic acids is 1. The molecule has 0 spiro atoms. The van der Waals surface area contributed by atoms with Crippen molar-refractivity contribution in [1.82, 2.24) is 0 Å². The zero-order chi connectivity index (χ0) is 25.9. The third-order valence-corrected chi connectivity index (χ3v) is 5.61. The number of hydrogen-bond donors (Lipinski definition) is 0. The molecule has 6 heteroatoms.